The van der Waals surface area contributed by atoms with Crippen LogP contribution in [0, 0.1) is 13.8 Å². The standard InChI is InChI=1S/C8H6N4O3S2/c1-3-6(17-11-9-3)8(14)15-7(13)5-4(2)16-12-10-5/h1-2H3. The molecule has 2 heterocycles. The van der Waals surface area contributed by atoms with Gasteiger partial charge in [0.05, 0.1) is 10.6 Å². The molecule has 0 atom stereocenters. The van der Waals surface area contributed by atoms with Gasteiger partial charge in [-0.2, -0.15) is 0 Å². The molecule has 0 amide bonds. The van der Waals surface area contributed by atoms with E-state index in [1.807, 2.05) is 0 Å². The monoisotopic (exact) mass is 270 g/mol. The Morgan fingerprint density at radius 3 is 2.29 bits per heavy atom. The summed E-state index contributed by atoms with van der Waals surface area (Å²) in [4.78, 5) is 24.0. The maximum absolute atomic E-state index is 11.6. The minimum atomic E-state index is -0.811. The molecule has 0 aliphatic rings. The van der Waals surface area contributed by atoms with E-state index in [4.69, 9.17) is 0 Å². The van der Waals surface area contributed by atoms with Crippen molar-refractivity contribution in [2.45, 2.75) is 13.8 Å². The van der Waals surface area contributed by atoms with E-state index in [0.717, 1.165) is 23.1 Å². The van der Waals surface area contributed by atoms with Gasteiger partial charge >= 0.3 is 11.9 Å². The van der Waals surface area contributed by atoms with Crippen LogP contribution in [-0.2, 0) is 4.74 Å². The van der Waals surface area contributed by atoms with Crippen molar-refractivity contribution in [3.8, 4) is 0 Å². The quantitative estimate of drug-likeness (QED) is 0.593. The van der Waals surface area contributed by atoms with Gasteiger partial charge < -0.3 is 4.74 Å². The molecule has 7 nitrogen and oxygen atoms in total. The van der Waals surface area contributed by atoms with Crippen LogP contribution in [0.2, 0.25) is 0 Å². The minimum absolute atomic E-state index is 0.0541. The first-order chi connectivity index (χ1) is 8.09. The van der Waals surface area contributed by atoms with Gasteiger partial charge in [-0.1, -0.05) is 8.98 Å². The van der Waals surface area contributed by atoms with E-state index in [-0.39, 0.29) is 10.6 Å². The van der Waals surface area contributed by atoms with Crippen molar-refractivity contribution in [2.75, 3.05) is 0 Å². The molecule has 2 aromatic rings. The van der Waals surface area contributed by atoms with Gasteiger partial charge in [-0.05, 0) is 36.9 Å². The second-order valence-corrected chi connectivity index (χ2v) is 4.75. The highest BCUT2D eigenvalue weighted by Gasteiger charge is 2.22. The zero-order valence-corrected chi connectivity index (χ0v) is 10.5. The van der Waals surface area contributed by atoms with Crippen molar-refractivity contribution in [3.63, 3.8) is 0 Å². The lowest BCUT2D eigenvalue weighted by molar-refractivity contribution is 0.0396. The van der Waals surface area contributed by atoms with Crippen molar-refractivity contribution >= 4 is 35.0 Å². The highest BCUT2D eigenvalue weighted by Crippen LogP contribution is 2.14. The van der Waals surface area contributed by atoms with Crippen LogP contribution < -0.4 is 0 Å². The first-order valence-electron chi connectivity index (χ1n) is 4.44. The highest BCUT2D eigenvalue weighted by molar-refractivity contribution is 7.07. The minimum Gasteiger partial charge on any atom is -0.384 e. The number of esters is 2. The number of carbonyl (C=O) groups excluding carboxylic acids is 2. The van der Waals surface area contributed by atoms with E-state index in [2.05, 4.69) is 23.9 Å². The fraction of sp³-hybridized carbons (Fsp3) is 0.250. The van der Waals surface area contributed by atoms with Gasteiger partial charge in [-0.15, -0.1) is 10.2 Å². The molecule has 0 aromatic carbocycles. The van der Waals surface area contributed by atoms with Crippen LogP contribution in [0.4, 0.5) is 0 Å². The van der Waals surface area contributed by atoms with Gasteiger partial charge in [0.25, 0.3) is 0 Å². The molecule has 0 bridgehead atoms. The lowest BCUT2D eigenvalue weighted by atomic mass is 10.4. The number of hydrogen-bond donors (Lipinski definition) is 0. The smallest absolute Gasteiger partial charge is 0.367 e. The molecule has 9 heteroatoms. The molecule has 0 saturated heterocycles. The summed E-state index contributed by atoms with van der Waals surface area (Å²) < 4.78 is 11.8. The van der Waals surface area contributed by atoms with Crippen LogP contribution in [0.3, 0.4) is 0 Å². The van der Waals surface area contributed by atoms with Crippen LogP contribution in [0.15, 0.2) is 0 Å². The van der Waals surface area contributed by atoms with Gasteiger partial charge in [0.1, 0.15) is 0 Å². The van der Waals surface area contributed by atoms with Crippen LogP contribution in [-0.4, -0.2) is 31.1 Å². The van der Waals surface area contributed by atoms with E-state index < -0.39 is 11.9 Å². The van der Waals surface area contributed by atoms with Crippen LogP contribution in [0.5, 0.6) is 0 Å². The lowest BCUT2D eigenvalue weighted by Crippen LogP contribution is -2.14. The maximum Gasteiger partial charge on any atom is 0.367 e. The summed E-state index contributed by atoms with van der Waals surface area (Å²) in [5, 5.41) is 7.24. The zero-order valence-electron chi connectivity index (χ0n) is 8.83. The maximum atomic E-state index is 11.6. The summed E-state index contributed by atoms with van der Waals surface area (Å²) in [5.41, 5.74) is 0.486. The van der Waals surface area contributed by atoms with Gasteiger partial charge in [-0.3, -0.25) is 0 Å². The Bertz CT molecular complexity index is 527. The van der Waals surface area contributed by atoms with Crippen LogP contribution in [0.25, 0.3) is 0 Å². The molecule has 17 heavy (non-hydrogen) atoms. The molecule has 0 N–H and O–H groups in total. The Hall–Kier alpha value is -1.74. The second kappa shape index (κ2) is 4.63. The van der Waals surface area contributed by atoms with Gasteiger partial charge in [0, 0.05) is 0 Å². The number of hydrogen-bond acceptors (Lipinski definition) is 9. The van der Waals surface area contributed by atoms with E-state index in [1.165, 1.54) is 0 Å². The number of nitrogens with zero attached hydrogens (tertiary/aromatic N) is 4. The third-order valence-corrected chi connectivity index (χ3v) is 3.31. The zero-order chi connectivity index (χ0) is 12.4. The number of ether oxygens (including phenoxy) is 1. The van der Waals surface area contributed by atoms with Gasteiger partial charge in [-0.25, -0.2) is 9.59 Å². The molecule has 2 aromatic heterocycles. The van der Waals surface area contributed by atoms with Gasteiger partial charge in [0.2, 0.25) is 0 Å². The molecule has 88 valence electrons. The third kappa shape index (κ3) is 2.34. The molecular formula is C8H6N4O3S2. The van der Waals surface area contributed by atoms with Crippen LogP contribution in [0.1, 0.15) is 30.7 Å². The van der Waals surface area contributed by atoms with Crippen molar-refractivity contribution in [1.82, 2.24) is 19.2 Å². The van der Waals surface area contributed by atoms with Crippen molar-refractivity contribution < 1.29 is 14.3 Å². The van der Waals surface area contributed by atoms with Crippen molar-refractivity contribution in [2.24, 2.45) is 0 Å². The van der Waals surface area contributed by atoms with Crippen LogP contribution >= 0.6 is 23.1 Å². The Labute approximate surface area is 104 Å². The molecular weight excluding hydrogens is 264 g/mol. The number of rotatable bonds is 2. The molecule has 0 saturated carbocycles. The summed E-state index contributed by atoms with van der Waals surface area (Å²) in [5.74, 6) is -1.58. The third-order valence-electron chi connectivity index (χ3n) is 1.87. The highest BCUT2D eigenvalue weighted by atomic mass is 32.1. The Morgan fingerprint density at radius 2 is 1.76 bits per heavy atom. The number of carbonyl (C=O) groups is 2. The predicted octanol–water partition coefficient (Wildman–Crippen LogP) is 1.00. The number of aromatic nitrogens is 4. The second-order valence-electron chi connectivity index (χ2n) is 3.04. The Morgan fingerprint density at radius 1 is 1.06 bits per heavy atom. The first-order valence-corrected chi connectivity index (χ1v) is 5.98. The normalized spacial score (nSPS) is 10.2. The predicted molar refractivity (Wildman–Crippen MR) is 59.0 cm³/mol. The summed E-state index contributed by atoms with van der Waals surface area (Å²) in [7, 11) is 0. The molecule has 0 aliphatic carbocycles. The van der Waals surface area contributed by atoms with Crippen molar-refractivity contribution in [1.29, 1.82) is 0 Å². The lowest BCUT2D eigenvalue weighted by Gasteiger charge is -1.98. The summed E-state index contributed by atoms with van der Waals surface area (Å²) >= 11 is 1.94. The molecule has 0 unspecified atom stereocenters. The van der Waals surface area contributed by atoms with E-state index >= 15 is 0 Å². The van der Waals surface area contributed by atoms with Crippen molar-refractivity contribution in [3.05, 3.63) is 21.1 Å². The molecule has 0 fully saturated rings. The van der Waals surface area contributed by atoms with E-state index in [0.29, 0.717) is 10.6 Å². The number of aryl methyl sites for hydroxylation is 2. The molecule has 2 rings (SSSR count). The largest absolute Gasteiger partial charge is 0.384 e. The van der Waals surface area contributed by atoms with E-state index in [9.17, 15) is 9.59 Å². The van der Waals surface area contributed by atoms with Gasteiger partial charge in [0.15, 0.2) is 10.6 Å². The topological polar surface area (TPSA) is 94.9 Å². The summed E-state index contributed by atoms with van der Waals surface area (Å²) in [6, 6.07) is 0. The fourth-order valence-corrected chi connectivity index (χ4v) is 2.01. The Kier molecular flexibility index (Phi) is 3.20. The fourth-order valence-electron chi connectivity index (χ4n) is 1.02. The molecule has 0 radical (unpaired) electrons. The van der Waals surface area contributed by atoms with E-state index in [1.54, 1.807) is 13.8 Å². The summed E-state index contributed by atoms with van der Waals surface area (Å²) in [6.45, 7) is 3.28. The Balaban J connectivity index is 2.13. The SMILES string of the molecule is Cc1nnsc1C(=O)OC(=O)c1nnsc1C. The molecule has 0 spiro atoms. The average molecular weight is 270 g/mol. The summed E-state index contributed by atoms with van der Waals surface area (Å²) in [6.07, 6.45) is 0. The molecule has 0 aliphatic heterocycles. The average Bonchev–Trinajstić information content (AvgIpc) is 2.86. The first kappa shape index (κ1) is 11.7.